The van der Waals surface area contributed by atoms with E-state index in [0.29, 0.717) is 19.6 Å². The van der Waals surface area contributed by atoms with Crippen LogP contribution in [0.25, 0.3) is 0 Å². The topological polar surface area (TPSA) is 75.6 Å². The quantitative estimate of drug-likeness (QED) is 0.671. The molecule has 0 aromatic carbocycles. The summed E-state index contributed by atoms with van der Waals surface area (Å²) in [4.78, 5) is 21.5. The van der Waals surface area contributed by atoms with Crippen molar-refractivity contribution < 1.29 is 19.4 Å². The molecule has 0 aliphatic carbocycles. The fraction of sp³-hybridized carbons (Fsp3) is 0.778. The summed E-state index contributed by atoms with van der Waals surface area (Å²) in [5.74, 6) is -1.04. The molecule has 1 saturated heterocycles. The number of hydrogen-bond donors (Lipinski definition) is 2. The molecule has 1 rings (SSSR count). The van der Waals surface area contributed by atoms with Gasteiger partial charge in [0.25, 0.3) is 0 Å². The second-order valence-corrected chi connectivity index (χ2v) is 3.56. The zero-order chi connectivity index (χ0) is 10.6. The average molecular weight is 201 g/mol. The van der Waals surface area contributed by atoms with Crippen molar-refractivity contribution in [2.75, 3.05) is 13.2 Å². The van der Waals surface area contributed by atoms with Crippen LogP contribution < -0.4 is 5.32 Å². The van der Waals surface area contributed by atoms with Crippen LogP contribution in [0, 0.1) is 5.92 Å². The monoisotopic (exact) mass is 201 g/mol. The molecule has 5 heteroatoms. The summed E-state index contributed by atoms with van der Waals surface area (Å²) in [6.45, 7) is 2.61. The number of rotatable bonds is 4. The maximum Gasteiger partial charge on any atom is 0.326 e. The van der Waals surface area contributed by atoms with Crippen molar-refractivity contribution in [1.29, 1.82) is 0 Å². The van der Waals surface area contributed by atoms with Gasteiger partial charge in [0.1, 0.15) is 6.04 Å². The van der Waals surface area contributed by atoms with Gasteiger partial charge in [-0.3, -0.25) is 4.79 Å². The summed E-state index contributed by atoms with van der Waals surface area (Å²) in [5, 5.41) is 11.2. The predicted molar refractivity (Wildman–Crippen MR) is 48.8 cm³/mol. The Hall–Kier alpha value is -1.10. The van der Waals surface area contributed by atoms with E-state index in [9.17, 15) is 9.59 Å². The predicted octanol–water partition coefficient (Wildman–Crippen LogP) is 0.00230. The van der Waals surface area contributed by atoms with Crippen LogP contribution in [0.1, 0.15) is 19.8 Å². The lowest BCUT2D eigenvalue weighted by Gasteiger charge is -2.16. The van der Waals surface area contributed by atoms with E-state index >= 15 is 0 Å². The van der Waals surface area contributed by atoms with Gasteiger partial charge in [-0.15, -0.1) is 0 Å². The molecule has 0 radical (unpaired) electrons. The maximum absolute atomic E-state index is 10.8. The molecule has 80 valence electrons. The smallest absolute Gasteiger partial charge is 0.326 e. The van der Waals surface area contributed by atoms with Crippen LogP contribution in [0.4, 0.5) is 0 Å². The number of carbonyl (C=O) groups is 2. The molecule has 2 atom stereocenters. The minimum absolute atomic E-state index is 0.253. The van der Waals surface area contributed by atoms with Gasteiger partial charge < -0.3 is 15.2 Å². The fourth-order valence-electron chi connectivity index (χ4n) is 1.57. The highest BCUT2D eigenvalue weighted by Crippen LogP contribution is 2.18. The number of nitrogens with one attached hydrogen (secondary N) is 1. The van der Waals surface area contributed by atoms with Crippen LogP contribution in [-0.2, 0) is 14.3 Å². The lowest BCUT2D eigenvalue weighted by Crippen LogP contribution is -2.41. The molecule has 1 heterocycles. The van der Waals surface area contributed by atoms with Crippen molar-refractivity contribution in [3.63, 3.8) is 0 Å². The van der Waals surface area contributed by atoms with E-state index in [1.165, 1.54) is 6.92 Å². The molecule has 0 bridgehead atoms. The summed E-state index contributed by atoms with van der Waals surface area (Å²) in [6.07, 6.45) is 1.33. The van der Waals surface area contributed by atoms with Gasteiger partial charge in [0.15, 0.2) is 0 Å². The Kier molecular flexibility index (Phi) is 3.88. The molecular weight excluding hydrogens is 186 g/mol. The number of hydrogen-bond acceptors (Lipinski definition) is 3. The Balaban J connectivity index is 2.41. The van der Waals surface area contributed by atoms with E-state index in [4.69, 9.17) is 9.84 Å². The summed E-state index contributed by atoms with van der Waals surface area (Å²) in [5.41, 5.74) is 0. The number of carbonyl (C=O) groups excluding carboxylic acids is 1. The molecule has 2 unspecified atom stereocenters. The van der Waals surface area contributed by atoms with Crippen LogP contribution in [-0.4, -0.2) is 36.2 Å². The Bertz CT molecular complexity index is 223. The van der Waals surface area contributed by atoms with Crippen LogP contribution in [0.3, 0.4) is 0 Å². The van der Waals surface area contributed by atoms with E-state index < -0.39 is 12.0 Å². The van der Waals surface area contributed by atoms with Gasteiger partial charge in [-0.2, -0.15) is 0 Å². The van der Waals surface area contributed by atoms with Gasteiger partial charge in [0.05, 0.1) is 0 Å². The van der Waals surface area contributed by atoms with Crippen LogP contribution in [0.2, 0.25) is 0 Å². The first-order valence-electron chi connectivity index (χ1n) is 4.67. The summed E-state index contributed by atoms with van der Waals surface area (Å²) < 4.78 is 5.14. The van der Waals surface area contributed by atoms with Gasteiger partial charge in [-0.05, 0) is 18.8 Å². The normalized spacial score (nSPS) is 23.1. The summed E-state index contributed by atoms with van der Waals surface area (Å²) >= 11 is 0. The molecule has 0 aromatic rings. The molecule has 5 nitrogen and oxygen atoms in total. The minimum atomic E-state index is -0.980. The lowest BCUT2D eigenvalue weighted by molar-refractivity contribution is -0.142. The van der Waals surface area contributed by atoms with Gasteiger partial charge in [0.2, 0.25) is 5.91 Å². The van der Waals surface area contributed by atoms with Gasteiger partial charge in [-0.1, -0.05) is 0 Å². The van der Waals surface area contributed by atoms with E-state index in [-0.39, 0.29) is 11.8 Å². The molecule has 1 aliphatic rings. The number of ether oxygens (including phenoxy) is 1. The van der Waals surface area contributed by atoms with Crippen LogP contribution in [0.5, 0.6) is 0 Å². The second-order valence-electron chi connectivity index (χ2n) is 3.56. The largest absolute Gasteiger partial charge is 0.480 e. The lowest BCUT2D eigenvalue weighted by atomic mass is 9.99. The third kappa shape index (κ3) is 3.33. The first-order chi connectivity index (χ1) is 6.59. The molecule has 14 heavy (non-hydrogen) atoms. The first-order valence-corrected chi connectivity index (χ1v) is 4.67. The Morgan fingerprint density at radius 2 is 2.36 bits per heavy atom. The fourth-order valence-corrected chi connectivity index (χ4v) is 1.57. The summed E-state index contributed by atoms with van der Waals surface area (Å²) in [7, 11) is 0. The van der Waals surface area contributed by atoms with Gasteiger partial charge >= 0.3 is 5.97 Å². The van der Waals surface area contributed by atoms with Gasteiger partial charge in [-0.25, -0.2) is 4.79 Å². The van der Waals surface area contributed by atoms with Crippen molar-refractivity contribution in [2.45, 2.75) is 25.8 Å². The molecule has 1 aliphatic heterocycles. The summed E-state index contributed by atoms with van der Waals surface area (Å²) in [6, 6.07) is -0.779. The maximum atomic E-state index is 10.8. The number of carboxylic acids is 1. The highest BCUT2D eigenvalue weighted by molar-refractivity contribution is 5.82. The molecule has 1 amide bonds. The highest BCUT2D eigenvalue weighted by atomic mass is 16.5. The van der Waals surface area contributed by atoms with Crippen LogP contribution in [0.15, 0.2) is 0 Å². The van der Waals surface area contributed by atoms with Gasteiger partial charge in [0, 0.05) is 20.1 Å². The van der Waals surface area contributed by atoms with Crippen LogP contribution >= 0.6 is 0 Å². The highest BCUT2D eigenvalue weighted by Gasteiger charge is 2.25. The van der Waals surface area contributed by atoms with Crippen molar-refractivity contribution in [2.24, 2.45) is 5.92 Å². The molecule has 2 N–H and O–H groups in total. The second kappa shape index (κ2) is 4.95. The number of carboxylic acid groups (broad SMARTS) is 1. The minimum Gasteiger partial charge on any atom is -0.480 e. The van der Waals surface area contributed by atoms with E-state index in [0.717, 1.165) is 6.42 Å². The Morgan fingerprint density at radius 1 is 1.64 bits per heavy atom. The third-order valence-corrected chi connectivity index (χ3v) is 2.27. The number of amides is 1. The molecule has 0 aromatic heterocycles. The molecule has 1 fully saturated rings. The molecular formula is C9H15NO4. The van der Waals surface area contributed by atoms with E-state index in [2.05, 4.69) is 5.32 Å². The standard InChI is InChI=1S/C9H15NO4/c1-6(11)10-8(9(12)13)4-7-2-3-14-5-7/h7-8H,2-5H2,1H3,(H,10,11)(H,12,13). The van der Waals surface area contributed by atoms with Crippen molar-refractivity contribution in [1.82, 2.24) is 5.32 Å². The first kappa shape index (κ1) is 11.0. The van der Waals surface area contributed by atoms with Crippen molar-refractivity contribution >= 4 is 11.9 Å². The Labute approximate surface area is 82.4 Å². The zero-order valence-corrected chi connectivity index (χ0v) is 8.16. The third-order valence-electron chi connectivity index (χ3n) is 2.27. The zero-order valence-electron chi connectivity index (χ0n) is 8.16. The van der Waals surface area contributed by atoms with E-state index in [1.54, 1.807) is 0 Å². The SMILES string of the molecule is CC(=O)NC(CC1CCOC1)C(=O)O. The Morgan fingerprint density at radius 3 is 2.79 bits per heavy atom. The number of aliphatic carboxylic acids is 1. The average Bonchev–Trinajstić information content (AvgIpc) is 2.54. The van der Waals surface area contributed by atoms with Crippen molar-refractivity contribution in [3.05, 3.63) is 0 Å². The molecule has 0 spiro atoms. The van der Waals surface area contributed by atoms with Crippen molar-refractivity contribution in [3.8, 4) is 0 Å². The molecule has 0 saturated carbocycles. The van der Waals surface area contributed by atoms with E-state index in [1.807, 2.05) is 0 Å².